The van der Waals surface area contributed by atoms with Crippen molar-refractivity contribution in [3.63, 3.8) is 0 Å². The summed E-state index contributed by atoms with van der Waals surface area (Å²) in [6, 6.07) is 19.7. The summed E-state index contributed by atoms with van der Waals surface area (Å²) >= 11 is 1.68. The molecule has 2 aromatic carbocycles. The zero-order valence-electron chi connectivity index (χ0n) is 14.0. The van der Waals surface area contributed by atoms with Crippen LogP contribution in [0, 0.1) is 11.3 Å². The Balaban J connectivity index is 2.12. The number of nitrogen functional groups attached to an aromatic ring is 1. The number of benzene rings is 2. The molecule has 0 aliphatic heterocycles. The van der Waals surface area contributed by atoms with E-state index in [0.29, 0.717) is 5.56 Å². The molecular weight excluding hydrogens is 330 g/mol. The van der Waals surface area contributed by atoms with Crippen LogP contribution in [0.15, 0.2) is 59.5 Å². The first-order valence-electron chi connectivity index (χ1n) is 7.65. The van der Waals surface area contributed by atoms with Crippen LogP contribution >= 0.6 is 11.8 Å². The molecule has 0 amide bonds. The van der Waals surface area contributed by atoms with Crippen LogP contribution in [0.2, 0.25) is 0 Å². The minimum absolute atomic E-state index is 0.236. The van der Waals surface area contributed by atoms with Crippen LogP contribution in [-0.4, -0.2) is 18.3 Å². The number of methoxy groups -OCH3 is 1. The highest BCUT2D eigenvalue weighted by Crippen LogP contribution is 2.32. The molecule has 0 bridgehead atoms. The van der Waals surface area contributed by atoms with Crippen LogP contribution in [-0.2, 0) is 0 Å². The molecule has 25 heavy (non-hydrogen) atoms. The second-order valence-corrected chi connectivity index (χ2v) is 6.26. The summed E-state index contributed by atoms with van der Waals surface area (Å²) in [7, 11) is 1.63. The fourth-order valence-corrected chi connectivity index (χ4v) is 3.00. The number of rotatable bonds is 4. The fourth-order valence-electron chi connectivity index (χ4n) is 2.59. The molecule has 124 valence electrons. The Morgan fingerprint density at radius 3 is 2.24 bits per heavy atom. The van der Waals surface area contributed by atoms with Gasteiger partial charge in [-0.3, -0.25) is 0 Å². The molecule has 0 saturated carbocycles. The van der Waals surface area contributed by atoms with E-state index in [1.165, 1.54) is 4.90 Å². The van der Waals surface area contributed by atoms with Crippen LogP contribution in [0.4, 0.5) is 5.82 Å². The summed E-state index contributed by atoms with van der Waals surface area (Å²) in [5.41, 5.74) is 9.82. The van der Waals surface area contributed by atoms with Gasteiger partial charge in [-0.25, -0.2) is 4.98 Å². The van der Waals surface area contributed by atoms with Gasteiger partial charge in [-0.2, -0.15) is 5.26 Å². The van der Waals surface area contributed by atoms with E-state index in [1.54, 1.807) is 18.9 Å². The van der Waals surface area contributed by atoms with Crippen molar-refractivity contribution >= 4 is 17.6 Å². The summed E-state index contributed by atoms with van der Waals surface area (Å²) < 4.78 is 5.19. The van der Waals surface area contributed by atoms with Gasteiger partial charge in [-0.15, -0.1) is 11.8 Å². The Morgan fingerprint density at radius 2 is 1.68 bits per heavy atom. The van der Waals surface area contributed by atoms with Crippen molar-refractivity contribution in [2.75, 3.05) is 19.1 Å². The summed E-state index contributed by atoms with van der Waals surface area (Å²) in [5.74, 6) is 1.01. The van der Waals surface area contributed by atoms with Crippen LogP contribution < -0.4 is 10.5 Å². The van der Waals surface area contributed by atoms with Crippen LogP contribution in [0.25, 0.3) is 22.4 Å². The van der Waals surface area contributed by atoms with Gasteiger partial charge in [0.1, 0.15) is 23.2 Å². The van der Waals surface area contributed by atoms with Crippen molar-refractivity contribution in [1.82, 2.24) is 4.98 Å². The third-order valence-corrected chi connectivity index (χ3v) is 4.69. The Hall–Kier alpha value is -2.97. The van der Waals surface area contributed by atoms with Crippen LogP contribution in [0.1, 0.15) is 5.56 Å². The molecule has 3 rings (SSSR count). The van der Waals surface area contributed by atoms with Gasteiger partial charge >= 0.3 is 0 Å². The number of thioether (sulfide) groups is 1. The van der Waals surface area contributed by atoms with Gasteiger partial charge in [0.15, 0.2) is 0 Å². The van der Waals surface area contributed by atoms with Gasteiger partial charge in [0.2, 0.25) is 0 Å². The third-order valence-electron chi connectivity index (χ3n) is 3.95. The van der Waals surface area contributed by atoms with Crippen LogP contribution in [0.3, 0.4) is 0 Å². The van der Waals surface area contributed by atoms with E-state index >= 15 is 0 Å². The topological polar surface area (TPSA) is 71.9 Å². The van der Waals surface area contributed by atoms with E-state index in [-0.39, 0.29) is 5.82 Å². The van der Waals surface area contributed by atoms with Crippen molar-refractivity contribution < 1.29 is 4.74 Å². The smallest absolute Gasteiger partial charge is 0.142 e. The number of pyridine rings is 1. The van der Waals surface area contributed by atoms with Crippen molar-refractivity contribution in [2.24, 2.45) is 0 Å². The third kappa shape index (κ3) is 3.44. The van der Waals surface area contributed by atoms with E-state index in [4.69, 9.17) is 10.5 Å². The lowest BCUT2D eigenvalue weighted by molar-refractivity contribution is 0.415. The maximum Gasteiger partial charge on any atom is 0.142 e. The number of aromatic nitrogens is 1. The van der Waals surface area contributed by atoms with Crippen molar-refractivity contribution in [3.05, 3.63) is 60.2 Å². The Morgan fingerprint density at radius 1 is 1.04 bits per heavy atom. The zero-order valence-corrected chi connectivity index (χ0v) is 14.8. The lowest BCUT2D eigenvalue weighted by Crippen LogP contribution is -1.99. The molecular formula is C20H17N3OS. The Bertz CT molecular complexity index is 929. The molecule has 0 aliphatic rings. The monoisotopic (exact) mass is 347 g/mol. The van der Waals surface area contributed by atoms with Gasteiger partial charge in [-0.05, 0) is 54.3 Å². The number of anilines is 1. The first kappa shape index (κ1) is 16.9. The van der Waals surface area contributed by atoms with Crippen LogP contribution in [0.5, 0.6) is 5.75 Å². The molecule has 0 saturated heterocycles. The molecule has 0 fully saturated rings. The molecule has 4 nitrogen and oxygen atoms in total. The molecule has 3 aromatic rings. The Kier molecular flexibility index (Phi) is 4.92. The number of ether oxygens (including phenoxy) is 1. The average Bonchev–Trinajstić information content (AvgIpc) is 2.67. The average molecular weight is 347 g/mol. The lowest BCUT2D eigenvalue weighted by atomic mass is 9.98. The molecule has 1 aromatic heterocycles. The van der Waals surface area contributed by atoms with E-state index in [0.717, 1.165) is 28.1 Å². The summed E-state index contributed by atoms with van der Waals surface area (Å²) in [6.45, 7) is 0. The molecule has 0 radical (unpaired) electrons. The molecule has 2 N–H and O–H groups in total. The van der Waals surface area contributed by atoms with Crippen molar-refractivity contribution in [3.8, 4) is 34.2 Å². The molecule has 5 heteroatoms. The second kappa shape index (κ2) is 7.29. The van der Waals surface area contributed by atoms with E-state index in [2.05, 4.69) is 11.1 Å². The first-order valence-corrected chi connectivity index (χ1v) is 8.88. The maximum atomic E-state index is 9.50. The SMILES string of the molecule is COc1ccc(-c2cc(-c3ccc(SC)cc3)c(C#N)c(N)n2)cc1. The Labute approximate surface area is 151 Å². The van der Waals surface area contributed by atoms with Crippen molar-refractivity contribution in [2.45, 2.75) is 4.90 Å². The molecule has 0 unspecified atom stereocenters. The maximum absolute atomic E-state index is 9.50. The molecule has 0 atom stereocenters. The molecule has 0 aliphatic carbocycles. The molecule has 0 spiro atoms. The number of nitrogens with two attached hydrogens (primary N) is 1. The predicted octanol–water partition coefficient (Wildman–Crippen LogP) is 4.60. The van der Waals surface area contributed by atoms with Gasteiger partial charge in [0.05, 0.1) is 12.8 Å². The standard InChI is InChI=1S/C20H17N3OS/c1-24-15-7-3-14(4-8-15)19-11-17(18(12-21)20(22)23-19)13-5-9-16(25-2)10-6-13/h3-11H,1-2H3,(H2,22,23). The highest BCUT2D eigenvalue weighted by atomic mass is 32.2. The zero-order chi connectivity index (χ0) is 17.8. The van der Waals surface area contributed by atoms with Gasteiger partial charge in [-0.1, -0.05) is 12.1 Å². The number of nitriles is 1. The summed E-state index contributed by atoms with van der Waals surface area (Å²) in [6.07, 6.45) is 2.03. The predicted molar refractivity (Wildman–Crippen MR) is 103 cm³/mol. The summed E-state index contributed by atoms with van der Waals surface area (Å²) in [4.78, 5) is 5.57. The second-order valence-electron chi connectivity index (χ2n) is 5.38. The number of hydrogen-bond acceptors (Lipinski definition) is 5. The van der Waals surface area contributed by atoms with Crippen molar-refractivity contribution in [1.29, 1.82) is 5.26 Å². The minimum atomic E-state index is 0.236. The van der Waals surface area contributed by atoms with E-state index in [1.807, 2.05) is 60.9 Å². The highest BCUT2D eigenvalue weighted by Gasteiger charge is 2.13. The highest BCUT2D eigenvalue weighted by molar-refractivity contribution is 7.98. The van der Waals surface area contributed by atoms with Gasteiger partial charge < -0.3 is 10.5 Å². The van der Waals surface area contributed by atoms with Gasteiger partial charge in [0.25, 0.3) is 0 Å². The normalized spacial score (nSPS) is 10.3. The minimum Gasteiger partial charge on any atom is -0.497 e. The number of hydrogen-bond donors (Lipinski definition) is 1. The van der Waals surface area contributed by atoms with Gasteiger partial charge in [0, 0.05) is 16.0 Å². The largest absolute Gasteiger partial charge is 0.497 e. The van der Waals surface area contributed by atoms with E-state index < -0.39 is 0 Å². The summed E-state index contributed by atoms with van der Waals surface area (Å²) in [5, 5.41) is 9.50. The van der Waals surface area contributed by atoms with E-state index in [9.17, 15) is 5.26 Å². The quantitative estimate of drug-likeness (QED) is 0.698. The lowest BCUT2D eigenvalue weighted by Gasteiger charge is -2.11. The fraction of sp³-hybridized carbons (Fsp3) is 0.100. The first-order chi connectivity index (χ1) is 12.2. The molecule has 1 heterocycles. The number of nitrogens with zero attached hydrogens (tertiary/aromatic N) is 2.